The van der Waals surface area contributed by atoms with Crippen molar-refractivity contribution in [1.82, 2.24) is 10.2 Å². The number of methoxy groups -OCH3 is 3. The minimum Gasteiger partial charge on any atom is -0.496 e. The summed E-state index contributed by atoms with van der Waals surface area (Å²) < 4.78 is 21.6. The molecule has 2 aromatic carbocycles. The van der Waals surface area contributed by atoms with Crippen LogP contribution in [0.3, 0.4) is 0 Å². The van der Waals surface area contributed by atoms with E-state index in [9.17, 15) is 4.79 Å². The van der Waals surface area contributed by atoms with Crippen LogP contribution in [0.25, 0.3) is 0 Å². The summed E-state index contributed by atoms with van der Waals surface area (Å²) >= 11 is 0. The van der Waals surface area contributed by atoms with Crippen LogP contribution in [0.2, 0.25) is 0 Å². The molecule has 1 N–H and O–H groups in total. The van der Waals surface area contributed by atoms with E-state index in [0.29, 0.717) is 36.9 Å². The molecule has 0 fully saturated rings. The van der Waals surface area contributed by atoms with E-state index in [2.05, 4.69) is 5.32 Å². The number of furan rings is 1. The van der Waals surface area contributed by atoms with E-state index in [4.69, 9.17) is 18.6 Å². The number of nitrogens with zero attached hydrogens (tertiary/aromatic N) is 1. The van der Waals surface area contributed by atoms with E-state index in [0.717, 1.165) is 16.9 Å². The van der Waals surface area contributed by atoms with Gasteiger partial charge in [0.2, 0.25) is 5.91 Å². The molecule has 0 aliphatic rings. The Morgan fingerprint density at radius 2 is 1.61 bits per heavy atom. The lowest BCUT2D eigenvalue weighted by atomic mass is 10.1. The van der Waals surface area contributed by atoms with E-state index in [1.54, 1.807) is 33.7 Å². The molecule has 7 nitrogen and oxygen atoms in total. The third kappa shape index (κ3) is 6.26. The molecule has 1 aromatic heterocycles. The van der Waals surface area contributed by atoms with Crippen LogP contribution in [0.15, 0.2) is 65.3 Å². The lowest BCUT2D eigenvalue weighted by molar-refractivity contribution is -0.122. The Hall–Kier alpha value is -3.45. The minimum absolute atomic E-state index is 0.0978. The first kappa shape index (κ1) is 22.2. The molecule has 0 radical (unpaired) electrons. The molecule has 164 valence electrons. The molecule has 1 heterocycles. The van der Waals surface area contributed by atoms with Gasteiger partial charge in [-0.1, -0.05) is 30.3 Å². The van der Waals surface area contributed by atoms with Gasteiger partial charge in [-0.15, -0.1) is 0 Å². The van der Waals surface area contributed by atoms with Gasteiger partial charge in [-0.2, -0.15) is 0 Å². The van der Waals surface area contributed by atoms with Crippen LogP contribution in [0.4, 0.5) is 0 Å². The minimum atomic E-state index is -0.0978. The van der Waals surface area contributed by atoms with E-state index >= 15 is 0 Å². The Morgan fingerprint density at radius 3 is 2.26 bits per heavy atom. The van der Waals surface area contributed by atoms with E-state index in [1.165, 1.54) is 0 Å². The van der Waals surface area contributed by atoms with Crippen molar-refractivity contribution in [3.63, 3.8) is 0 Å². The molecular formula is C24H28N2O5. The number of benzene rings is 2. The maximum atomic E-state index is 12.7. The summed E-state index contributed by atoms with van der Waals surface area (Å²) in [7, 11) is 4.72. The highest BCUT2D eigenvalue weighted by molar-refractivity contribution is 5.78. The molecular weight excluding hydrogens is 396 g/mol. The van der Waals surface area contributed by atoms with Gasteiger partial charge in [0, 0.05) is 24.7 Å². The summed E-state index contributed by atoms with van der Waals surface area (Å²) in [5.74, 6) is 2.48. The number of nitrogens with one attached hydrogen (secondary N) is 1. The largest absolute Gasteiger partial charge is 0.496 e. The topological polar surface area (TPSA) is 73.2 Å². The molecule has 0 spiro atoms. The maximum Gasteiger partial charge on any atom is 0.234 e. The van der Waals surface area contributed by atoms with Crippen molar-refractivity contribution in [2.75, 3.05) is 27.9 Å². The van der Waals surface area contributed by atoms with Crippen molar-refractivity contribution in [2.45, 2.75) is 19.6 Å². The Morgan fingerprint density at radius 1 is 0.903 bits per heavy atom. The fraction of sp³-hybridized carbons (Fsp3) is 0.292. The summed E-state index contributed by atoms with van der Waals surface area (Å²) in [5, 5.41) is 2.97. The normalized spacial score (nSPS) is 10.7. The Kier molecular flexibility index (Phi) is 7.95. The summed E-state index contributed by atoms with van der Waals surface area (Å²) in [6.07, 6.45) is 1.64. The van der Waals surface area contributed by atoms with Crippen LogP contribution >= 0.6 is 0 Å². The molecule has 0 aliphatic carbocycles. The third-order valence-electron chi connectivity index (χ3n) is 4.84. The fourth-order valence-electron chi connectivity index (χ4n) is 3.32. The standard InChI is InChI=1S/C24H28N2O5/c1-28-21-13-23(30-3)22(29-2)12-19(21)14-25-24(27)17-26(16-20-10-7-11-31-20)15-18-8-5-4-6-9-18/h4-13H,14-17H2,1-3H3,(H,25,27). The number of amides is 1. The van der Waals surface area contributed by atoms with Crippen molar-refractivity contribution in [1.29, 1.82) is 0 Å². The zero-order chi connectivity index (χ0) is 22.1. The molecule has 0 aliphatic heterocycles. The monoisotopic (exact) mass is 424 g/mol. The molecule has 31 heavy (non-hydrogen) atoms. The highest BCUT2D eigenvalue weighted by atomic mass is 16.5. The first-order valence-corrected chi connectivity index (χ1v) is 9.97. The fourth-order valence-corrected chi connectivity index (χ4v) is 3.32. The molecule has 3 rings (SSSR count). The average Bonchev–Trinajstić information content (AvgIpc) is 3.30. The average molecular weight is 424 g/mol. The van der Waals surface area contributed by atoms with E-state index in [-0.39, 0.29) is 12.5 Å². The van der Waals surface area contributed by atoms with Crippen molar-refractivity contribution in [3.8, 4) is 17.2 Å². The van der Waals surface area contributed by atoms with Crippen LogP contribution in [0.1, 0.15) is 16.9 Å². The molecule has 7 heteroatoms. The predicted molar refractivity (Wildman–Crippen MR) is 117 cm³/mol. The molecule has 0 atom stereocenters. The molecule has 0 unspecified atom stereocenters. The first-order valence-electron chi connectivity index (χ1n) is 9.97. The molecule has 3 aromatic rings. The van der Waals surface area contributed by atoms with E-state index in [1.807, 2.05) is 53.4 Å². The molecule has 0 saturated heterocycles. The van der Waals surface area contributed by atoms with Gasteiger partial charge < -0.3 is 23.9 Å². The van der Waals surface area contributed by atoms with E-state index < -0.39 is 0 Å². The Labute approximate surface area is 182 Å². The summed E-state index contributed by atoms with van der Waals surface area (Å²) in [5.41, 5.74) is 1.93. The molecule has 0 bridgehead atoms. The number of hydrogen-bond acceptors (Lipinski definition) is 6. The Bertz CT molecular complexity index is 958. The second kappa shape index (κ2) is 11.1. The quantitative estimate of drug-likeness (QED) is 0.507. The van der Waals surface area contributed by atoms with Crippen molar-refractivity contribution in [2.24, 2.45) is 0 Å². The van der Waals surface area contributed by atoms with Crippen LogP contribution < -0.4 is 19.5 Å². The van der Waals surface area contributed by atoms with Crippen LogP contribution in [0.5, 0.6) is 17.2 Å². The summed E-state index contributed by atoms with van der Waals surface area (Å²) in [6, 6.07) is 17.4. The van der Waals surface area contributed by atoms with Gasteiger partial charge >= 0.3 is 0 Å². The number of carbonyl (C=O) groups excluding carboxylic acids is 1. The van der Waals surface area contributed by atoms with Crippen LogP contribution in [-0.2, 0) is 24.4 Å². The first-order chi connectivity index (χ1) is 15.1. The van der Waals surface area contributed by atoms with Gasteiger partial charge in [0.25, 0.3) is 0 Å². The van der Waals surface area contributed by atoms with Gasteiger partial charge in [0.15, 0.2) is 11.5 Å². The van der Waals surface area contributed by atoms with Crippen LogP contribution in [-0.4, -0.2) is 38.7 Å². The number of hydrogen-bond donors (Lipinski definition) is 1. The number of ether oxygens (including phenoxy) is 3. The van der Waals surface area contributed by atoms with Gasteiger partial charge in [-0.3, -0.25) is 9.69 Å². The van der Waals surface area contributed by atoms with Gasteiger partial charge in [-0.25, -0.2) is 0 Å². The highest BCUT2D eigenvalue weighted by Gasteiger charge is 2.16. The third-order valence-corrected chi connectivity index (χ3v) is 4.84. The SMILES string of the molecule is COc1cc(OC)c(OC)cc1CNC(=O)CN(Cc1ccccc1)Cc1ccco1. The predicted octanol–water partition coefficient (Wildman–Crippen LogP) is 3.62. The Balaban J connectivity index is 1.66. The lowest BCUT2D eigenvalue weighted by Gasteiger charge is -2.21. The van der Waals surface area contributed by atoms with Crippen molar-refractivity contribution in [3.05, 3.63) is 77.7 Å². The smallest absolute Gasteiger partial charge is 0.234 e. The van der Waals surface area contributed by atoms with Crippen LogP contribution in [0, 0.1) is 0 Å². The number of carbonyl (C=O) groups is 1. The second-order valence-corrected chi connectivity index (χ2v) is 7.01. The second-order valence-electron chi connectivity index (χ2n) is 7.01. The van der Waals surface area contributed by atoms with Gasteiger partial charge in [-0.05, 0) is 23.8 Å². The number of rotatable bonds is 11. The highest BCUT2D eigenvalue weighted by Crippen LogP contribution is 2.34. The van der Waals surface area contributed by atoms with Gasteiger partial charge in [0.05, 0.1) is 40.7 Å². The van der Waals surface area contributed by atoms with Crippen molar-refractivity contribution < 1.29 is 23.4 Å². The molecule has 1 amide bonds. The molecule has 0 saturated carbocycles. The summed E-state index contributed by atoms with van der Waals surface area (Å²) in [4.78, 5) is 14.8. The zero-order valence-corrected chi connectivity index (χ0v) is 18.1. The zero-order valence-electron chi connectivity index (χ0n) is 18.1. The maximum absolute atomic E-state index is 12.7. The van der Waals surface area contributed by atoms with Gasteiger partial charge in [0.1, 0.15) is 11.5 Å². The summed E-state index contributed by atoms with van der Waals surface area (Å²) in [6.45, 7) is 1.71. The van der Waals surface area contributed by atoms with Crippen molar-refractivity contribution >= 4 is 5.91 Å². The lowest BCUT2D eigenvalue weighted by Crippen LogP contribution is -2.36.